The maximum atomic E-state index is 2.45. The van der Waals surface area contributed by atoms with Gasteiger partial charge in [-0.05, 0) is 44.2 Å². The molecule has 292 valence electrons. The molecule has 0 aromatic heterocycles. The van der Waals surface area contributed by atoms with E-state index in [1.165, 1.54) is 105 Å². The van der Waals surface area contributed by atoms with E-state index < -0.39 is 0 Å². The van der Waals surface area contributed by atoms with Gasteiger partial charge in [0.25, 0.3) is 0 Å². The number of fused-ring (bicyclic) bond motifs is 3. The zero-order chi connectivity index (χ0) is 41.6. The fraction of sp³-hybridized carbons (Fsp3) is 0.246. The molecule has 8 rings (SSSR count). The summed E-state index contributed by atoms with van der Waals surface area (Å²) in [5, 5.41) is 5.36. The van der Waals surface area contributed by atoms with Crippen LogP contribution in [0.3, 0.4) is 0 Å². The standard InChI is InChI=1S/C33H33.C19H22.C5H5.Zr/c1-32(2,3)30-20-26-24(18-28(30)22-13-9-7-10-14-22)17-25-19-29(23-15-11-8-12-16-23)31(21-27(25)26)33(4,5)6;1-14(2)18-9-5-16(6-10-18)13-17-7-11-19(12-8-17)15(3)4;1-2-4-5-3-1;/h7-21H,1-6H3;5-12,14-15H,1-4H3;1-5H;/q-1;;-1;+2. The van der Waals surface area contributed by atoms with E-state index in [4.69, 9.17) is 0 Å². The molecule has 0 aliphatic rings. The Kier molecular flexibility index (Phi) is 13.7. The van der Waals surface area contributed by atoms with Crippen LogP contribution in [0.25, 0.3) is 43.8 Å². The van der Waals surface area contributed by atoms with Crippen molar-refractivity contribution in [2.75, 3.05) is 0 Å². The topological polar surface area (TPSA) is 0 Å². The molecule has 1 heteroatoms. The molecular formula is C57H60Zr. The predicted molar refractivity (Wildman–Crippen MR) is 252 cm³/mol. The van der Waals surface area contributed by atoms with Gasteiger partial charge in [0.2, 0.25) is 0 Å². The molecule has 0 aliphatic heterocycles. The zero-order valence-corrected chi connectivity index (χ0v) is 38.8. The monoisotopic (exact) mass is 834 g/mol. The Hall–Kier alpha value is -4.71. The zero-order valence-electron chi connectivity index (χ0n) is 36.3. The van der Waals surface area contributed by atoms with Crippen molar-refractivity contribution in [2.24, 2.45) is 0 Å². The van der Waals surface area contributed by atoms with Crippen LogP contribution in [0.4, 0.5) is 0 Å². The fourth-order valence-electron chi connectivity index (χ4n) is 7.62. The molecule has 0 unspecified atom stereocenters. The molecule has 0 bridgehead atoms. The van der Waals surface area contributed by atoms with Crippen LogP contribution in [0, 0.1) is 0 Å². The van der Waals surface area contributed by atoms with Crippen molar-refractivity contribution < 1.29 is 24.2 Å². The summed E-state index contributed by atoms with van der Waals surface area (Å²) in [7, 11) is 0. The summed E-state index contributed by atoms with van der Waals surface area (Å²) in [4.78, 5) is 0. The second-order valence-corrected chi connectivity index (χ2v) is 19.5. The van der Waals surface area contributed by atoms with Crippen molar-refractivity contribution in [3.8, 4) is 22.3 Å². The Morgan fingerprint density at radius 2 is 0.828 bits per heavy atom. The van der Waals surface area contributed by atoms with Crippen LogP contribution in [0.2, 0.25) is 0 Å². The van der Waals surface area contributed by atoms with Crippen LogP contribution in [-0.2, 0) is 35.1 Å². The molecule has 58 heavy (non-hydrogen) atoms. The number of rotatable bonds is 6. The van der Waals surface area contributed by atoms with E-state index in [0.29, 0.717) is 11.8 Å². The van der Waals surface area contributed by atoms with Crippen LogP contribution in [0.5, 0.6) is 0 Å². The van der Waals surface area contributed by atoms with Gasteiger partial charge >= 0.3 is 138 Å². The molecule has 0 saturated heterocycles. The molecular weight excluding hydrogens is 776 g/mol. The van der Waals surface area contributed by atoms with E-state index in [9.17, 15) is 0 Å². The average Bonchev–Trinajstić information content (AvgIpc) is 3.92. The van der Waals surface area contributed by atoms with E-state index in [-0.39, 0.29) is 10.8 Å². The van der Waals surface area contributed by atoms with E-state index in [1.54, 1.807) is 0 Å². The van der Waals surface area contributed by atoms with E-state index >= 15 is 0 Å². The molecule has 0 aliphatic carbocycles. The summed E-state index contributed by atoms with van der Waals surface area (Å²) in [6, 6.07) is 61.8. The minimum Gasteiger partial charge on any atom is -0.214 e. The molecule has 0 atom stereocenters. The number of hydrogen-bond acceptors (Lipinski definition) is 0. The molecule has 0 saturated carbocycles. The van der Waals surface area contributed by atoms with Crippen LogP contribution in [-0.4, -0.2) is 3.21 Å². The second kappa shape index (κ2) is 18.5. The summed E-state index contributed by atoms with van der Waals surface area (Å²) in [5.74, 6) is 1.20. The maximum Gasteiger partial charge on any atom is -0.172 e. The van der Waals surface area contributed by atoms with Crippen molar-refractivity contribution in [3.05, 3.63) is 203 Å². The first-order valence-electron chi connectivity index (χ1n) is 20.9. The third kappa shape index (κ3) is 10.3. The Morgan fingerprint density at radius 3 is 1.12 bits per heavy atom. The molecule has 0 radical (unpaired) electrons. The van der Waals surface area contributed by atoms with Gasteiger partial charge in [0.15, 0.2) is 0 Å². The second-order valence-electron chi connectivity index (χ2n) is 18.2. The van der Waals surface area contributed by atoms with Crippen LogP contribution >= 0.6 is 0 Å². The molecule has 0 fully saturated rings. The third-order valence-corrected chi connectivity index (χ3v) is 12.5. The molecule has 8 aromatic rings. The molecule has 0 amide bonds. The molecule has 0 nitrogen and oxygen atoms in total. The van der Waals surface area contributed by atoms with Crippen molar-refractivity contribution in [3.63, 3.8) is 0 Å². The maximum absolute atomic E-state index is 2.45. The summed E-state index contributed by atoms with van der Waals surface area (Å²) < 4.78 is 1.43. The van der Waals surface area contributed by atoms with Gasteiger partial charge in [-0.15, -0.1) is 39.7 Å². The van der Waals surface area contributed by atoms with Gasteiger partial charge in [0.05, 0.1) is 0 Å². The van der Waals surface area contributed by atoms with Crippen molar-refractivity contribution in [1.29, 1.82) is 0 Å². The number of benzene rings is 6. The SMILES string of the molecule is CC(C)(C)c1cc2c(cc1-c1ccccc1)[cH-]c1cc(-c3ccccc3)c(C(C)(C)C)cc12.CC(C)c1ccc([C](=[Zr+2])c2ccc(C(C)C)cc2)cc1.c1cc[cH-]c1. The van der Waals surface area contributed by atoms with Gasteiger partial charge in [-0.1, -0.05) is 114 Å². The van der Waals surface area contributed by atoms with Crippen LogP contribution in [0.15, 0.2) is 170 Å². The molecule has 0 spiro atoms. The van der Waals surface area contributed by atoms with Gasteiger partial charge in [-0.2, -0.15) is 18.2 Å². The largest absolute Gasteiger partial charge is 0.214 e. The first kappa shape index (κ1) is 42.9. The Morgan fingerprint density at radius 1 is 0.466 bits per heavy atom. The van der Waals surface area contributed by atoms with Gasteiger partial charge in [-0.25, -0.2) is 12.1 Å². The summed E-state index contributed by atoms with van der Waals surface area (Å²) in [6.07, 6.45) is 0. The van der Waals surface area contributed by atoms with Gasteiger partial charge in [0, 0.05) is 0 Å². The number of hydrogen-bond donors (Lipinski definition) is 0. The first-order chi connectivity index (χ1) is 27.6. The first-order valence-corrected chi connectivity index (χ1v) is 22.1. The summed E-state index contributed by atoms with van der Waals surface area (Å²) in [6.45, 7) is 22.9. The van der Waals surface area contributed by atoms with Crippen LogP contribution in [0.1, 0.15) is 114 Å². The van der Waals surface area contributed by atoms with Gasteiger partial charge < -0.3 is 0 Å². The van der Waals surface area contributed by atoms with Gasteiger partial charge in [0.1, 0.15) is 0 Å². The fourth-order valence-corrected chi connectivity index (χ4v) is 8.44. The Bertz CT molecular complexity index is 2350. The Labute approximate surface area is 364 Å². The van der Waals surface area contributed by atoms with E-state index in [1.807, 2.05) is 30.3 Å². The molecule has 0 N–H and O–H groups in total. The predicted octanol–water partition coefficient (Wildman–Crippen LogP) is 16.1. The van der Waals surface area contributed by atoms with Gasteiger partial charge in [-0.3, -0.25) is 0 Å². The van der Waals surface area contributed by atoms with Crippen molar-refractivity contribution in [1.82, 2.24) is 0 Å². The smallest absolute Gasteiger partial charge is 0.172 e. The third-order valence-electron chi connectivity index (χ3n) is 11.1. The normalized spacial score (nSPS) is 11.7. The van der Waals surface area contributed by atoms with Crippen LogP contribution < -0.4 is 0 Å². The molecule has 0 heterocycles. The summed E-state index contributed by atoms with van der Waals surface area (Å²) >= 11 is 1.47. The minimum atomic E-state index is 0.0554. The van der Waals surface area contributed by atoms with Crippen molar-refractivity contribution >= 4 is 24.8 Å². The average molecular weight is 836 g/mol. The molecule has 8 aromatic carbocycles. The summed E-state index contributed by atoms with van der Waals surface area (Å²) in [5.41, 5.74) is 13.7. The van der Waals surface area contributed by atoms with E-state index in [2.05, 4.69) is 209 Å². The quantitative estimate of drug-likeness (QED) is 0.146. The van der Waals surface area contributed by atoms with Crippen molar-refractivity contribution in [2.45, 2.75) is 91.9 Å². The van der Waals surface area contributed by atoms with E-state index in [0.717, 1.165) is 0 Å². The minimum absolute atomic E-state index is 0.0554. The Balaban J connectivity index is 0.000000191.